The Bertz CT molecular complexity index is 177. The fourth-order valence-corrected chi connectivity index (χ4v) is 2.03. The monoisotopic (exact) mass is 260 g/mol. The molecule has 18 heavy (non-hydrogen) atoms. The molecule has 0 fully saturated rings. The quantitative estimate of drug-likeness (QED) is 0.578. The molecule has 110 valence electrons. The number of rotatable bonds is 12. The van der Waals surface area contributed by atoms with Gasteiger partial charge < -0.3 is 14.8 Å². The van der Waals surface area contributed by atoms with Crippen LogP contribution in [0.5, 0.6) is 0 Å². The highest BCUT2D eigenvalue weighted by Gasteiger charge is 2.14. The molecule has 0 aromatic rings. The predicted molar refractivity (Wildman–Crippen MR) is 77.1 cm³/mol. The Morgan fingerprint density at radius 2 is 1.83 bits per heavy atom. The van der Waals surface area contributed by atoms with Gasteiger partial charge in [0.15, 0.2) is 0 Å². The number of nitrogens with one attached hydrogen (secondary N) is 1. The first kappa shape index (κ1) is 17.8. The van der Waals surface area contributed by atoms with Gasteiger partial charge in [-0.1, -0.05) is 20.8 Å². The van der Waals surface area contributed by atoms with Crippen molar-refractivity contribution in [3.63, 3.8) is 0 Å². The molecule has 0 amide bonds. The van der Waals surface area contributed by atoms with Gasteiger partial charge in [0.1, 0.15) is 0 Å². The molecular weight excluding hydrogens is 228 g/mol. The number of hydrogen-bond acceptors (Lipinski definition) is 4. The van der Waals surface area contributed by atoms with Crippen molar-refractivity contribution in [3.05, 3.63) is 0 Å². The Balaban J connectivity index is 4.18. The predicted octanol–water partition coefficient (Wildman–Crippen LogP) is 1.61. The molecule has 4 heteroatoms. The van der Waals surface area contributed by atoms with Crippen LogP contribution in [0.25, 0.3) is 0 Å². The molecule has 1 atom stereocenters. The van der Waals surface area contributed by atoms with E-state index in [0.717, 1.165) is 45.8 Å². The molecule has 0 heterocycles. The average Bonchev–Trinajstić information content (AvgIpc) is 2.32. The fraction of sp³-hybridized carbons (Fsp3) is 1.00. The van der Waals surface area contributed by atoms with E-state index in [1.54, 1.807) is 14.2 Å². The van der Waals surface area contributed by atoms with E-state index in [4.69, 9.17) is 9.47 Å². The molecule has 0 aromatic heterocycles. The van der Waals surface area contributed by atoms with Gasteiger partial charge in [0.05, 0.1) is 13.2 Å². The summed E-state index contributed by atoms with van der Waals surface area (Å²) in [4.78, 5) is 2.46. The van der Waals surface area contributed by atoms with Crippen molar-refractivity contribution in [2.24, 2.45) is 5.92 Å². The Labute approximate surface area is 113 Å². The molecule has 0 spiro atoms. The fourth-order valence-electron chi connectivity index (χ4n) is 2.03. The zero-order chi connectivity index (χ0) is 13.8. The highest BCUT2D eigenvalue weighted by atomic mass is 16.5. The molecule has 0 aromatic carbocycles. The number of hydrogen-bond donors (Lipinski definition) is 1. The van der Waals surface area contributed by atoms with Gasteiger partial charge in [-0.05, 0) is 18.9 Å². The van der Waals surface area contributed by atoms with Gasteiger partial charge in [-0.25, -0.2) is 0 Å². The molecule has 0 saturated heterocycles. The maximum atomic E-state index is 5.29. The van der Waals surface area contributed by atoms with E-state index in [-0.39, 0.29) is 0 Å². The van der Waals surface area contributed by atoms with Crippen LogP contribution in [-0.4, -0.2) is 64.6 Å². The topological polar surface area (TPSA) is 33.7 Å². The minimum absolute atomic E-state index is 0.408. The molecule has 0 aliphatic carbocycles. The minimum Gasteiger partial charge on any atom is -0.383 e. The number of methoxy groups -OCH3 is 2. The third kappa shape index (κ3) is 9.83. The standard InChI is InChI=1S/C14H32N2O2/c1-6-7-15-14(12-18-5)11-16(8-9-17-4)10-13(2)3/h13-15H,6-12H2,1-5H3. The van der Waals surface area contributed by atoms with Gasteiger partial charge in [0, 0.05) is 39.9 Å². The summed E-state index contributed by atoms with van der Waals surface area (Å²) in [5, 5.41) is 3.54. The first-order chi connectivity index (χ1) is 8.63. The third-order valence-electron chi connectivity index (χ3n) is 2.76. The Hall–Kier alpha value is -0.160. The zero-order valence-corrected chi connectivity index (χ0v) is 12.9. The summed E-state index contributed by atoms with van der Waals surface area (Å²) < 4.78 is 10.5. The van der Waals surface area contributed by atoms with Gasteiger partial charge in [-0.3, -0.25) is 4.90 Å². The van der Waals surface area contributed by atoms with Crippen molar-refractivity contribution in [1.29, 1.82) is 0 Å². The first-order valence-electron chi connectivity index (χ1n) is 7.07. The largest absolute Gasteiger partial charge is 0.383 e. The molecule has 0 aliphatic rings. The second-order valence-corrected chi connectivity index (χ2v) is 5.25. The molecule has 0 rings (SSSR count). The van der Waals surface area contributed by atoms with E-state index in [0.29, 0.717) is 12.0 Å². The summed E-state index contributed by atoms with van der Waals surface area (Å²) in [7, 11) is 3.53. The van der Waals surface area contributed by atoms with Gasteiger partial charge in [0.2, 0.25) is 0 Å². The third-order valence-corrected chi connectivity index (χ3v) is 2.76. The molecular formula is C14H32N2O2. The van der Waals surface area contributed by atoms with Gasteiger partial charge in [-0.2, -0.15) is 0 Å². The summed E-state index contributed by atoms with van der Waals surface area (Å²) >= 11 is 0. The lowest BCUT2D eigenvalue weighted by molar-refractivity contribution is 0.107. The molecule has 0 bridgehead atoms. The highest BCUT2D eigenvalue weighted by molar-refractivity contribution is 4.72. The van der Waals surface area contributed by atoms with Crippen molar-refractivity contribution < 1.29 is 9.47 Å². The van der Waals surface area contributed by atoms with Crippen molar-refractivity contribution in [2.45, 2.75) is 33.2 Å². The van der Waals surface area contributed by atoms with Crippen molar-refractivity contribution >= 4 is 0 Å². The van der Waals surface area contributed by atoms with Gasteiger partial charge in [0.25, 0.3) is 0 Å². The smallest absolute Gasteiger partial charge is 0.0628 e. The first-order valence-corrected chi connectivity index (χ1v) is 7.07. The van der Waals surface area contributed by atoms with Crippen molar-refractivity contribution in [3.8, 4) is 0 Å². The van der Waals surface area contributed by atoms with Crippen LogP contribution in [0, 0.1) is 5.92 Å². The lowest BCUT2D eigenvalue weighted by Gasteiger charge is -2.29. The average molecular weight is 260 g/mol. The summed E-state index contributed by atoms with van der Waals surface area (Å²) in [5.41, 5.74) is 0. The Morgan fingerprint density at radius 3 is 2.33 bits per heavy atom. The van der Waals surface area contributed by atoms with Crippen LogP contribution in [-0.2, 0) is 9.47 Å². The van der Waals surface area contributed by atoms with Crippen LogP contribution in [0.4, 0.5) is 0 Å². The summed E-state index contributed by atoms with van der Waals surface area (Å²) in [6.07, 6.45) is 1.16. The maximum absolute atomic E-state index is 5.29. The van der Waals surface area contributed by atoms with Crippen LogP contribution in [0.15, 0.2) is 0 Å². The SMILES string of the molecule is CCCNC(COC)CN(CCOC)CC(C)C. The Kier molecular flexibility index (Phi) is 11.8. The molecule has 4 nitrogen and oxygen atoms in total. The van der Waals surface area contributed by atoms with E-state index < -0.39 is 0 Å². The number of ether oxygens (including phenoxy) is 2. The summed E-state index contributed by atoms with van der Waals surface area (Å²) in [6.45, 7) is 12.4. The maximum Gasteiger partial charge on any atom is 0.0628 e. The van der Waals surface area contributed by atoms with Crippen LogP contribution >= 0.6 is 0 Å². The Morgan fingerprint density at radius 1 is 1.11 bits per heavy atom. The van der Waals surface area contributed by atoms with E-state index in [1.165, 1.54) is 0 Å². The summed E-state index contributed by atoms with van der Waals surface area (Å²) in [6, 6.07) is 0.408. The van der Waals surface area contributed by atoms with Gasteiger partial charge >= 0.3 is 0 Å². The normalized spacial score (nSPS) is 13.5. The van der Waals surface area contributed by atoms with Crippen molar-refractivity contribution in [2.75, 3.05) is 53.6 Å². The molecule has 0 saturated carbocycles. The highest BCUT2D eigenvalue weighted by Crippen LogP contribution is 2.01. The van der Waals surface area contributed by atoms with Gasteiger partial charge in [-0.15, -0.1) is 0 Å². The van der Waals surface area contributed by atoms with E-state index >= 15 is 0 Å². The molecule has 1 N–H and O–H groups in total. The molecule has 1 unspecified atom stereocenters. The number of nitrogens with zero attached hydrogens (tertiary/aromatic N) is 1. The minimum atomic E-state index is 0.408. The van der Waals surface area contributed by atoms with E-state index in [9.17, 15) is 0 Å². The van der Waals surface area contributed by atoms with Crippen LogP contribution in [0.2, 0.25) is 0 Å². The second-order valence-electron chi connectivity index (χ2n) is 5.25. The lowest BCUT2D eigenvalue weighted by atomic mass is 10.2. The van der Waals surface area contributed by atoms with Crippen LogP contribution in [0.3, 0.4) is 0 Å². The summed E-state index contributed by atoms with van der Waals surface area (Å²) in [5.74, 6) is 0.677. The second kappa shape index (κ2) is 11.9. The van der Waals surface area contributed by atoms with E-state index in [1.807, 2.05) is 0 Å². The van der Waals surface area contributed by atoms with E-state index in [2.05, 4.69) is 31.0 Å². The lowest BCUT2D eigenvalue weighted by Crippen LogP contribution is -2.46. The molecule has 0 radical (unpaired) electrons. The van der Waals surface area contributed by atoms with Crippen LogP contribution < -0.4 is 5.32 Å². The van der Waals surface area contributed by atoms with Crippen molar-refractivity contribution in [1.82, 2.24) is 10.2 Å². The molecule has 0 aliphatic heterocycles. The van der Waals surface area contributed by atoms with Crippen LogP contribution in [0.1, 0.15) is 27.2 Å². The zero-order valence-electron chi connectivity index (χ0n) is 12.9.